The summed E-state index contributed by atoms with van der Waals surface area (Å²) in [5.74, 6) is 0.389. The van der Waals surface area contributed by atoms with Crippen LogP contribution in [0.5, 0.6) is 0 Å². The Labute approximate surface area is 154 Å². The first-order valence-corrected chi connectivity index (χ1v) is 9.87. The van der Waals surface area contributed by atoms with E-state index in [0.717, 1.165) is 0 Å². The maximum atomic E-state index is 12.7. The molecule has 2 heterocycles. The Morgan fingerprint density at radius 3 is 2.40 bits per heavy atom. The van der Waals surface area contributed by atoms with Crippen molar-refractivity contribution in [2.45, 2.75) is 59.1 Å². The normalized spacial score (nSPS) is 17.4. The second-order valence-corrected chi connectivity index (χ2v) is 8.97. The van der Waals surface area contributed by atoms with E-state index in [1.54, 1.807) is 16.2 Å². The summed E-state index contributed by atoms with van der Waals surface area (Å²) in [5, 5.41) is 5.25. The molecule has 2 rings (SSSR count). The van der Waals surface area contributed by atoms with Gasteiger partial charge in [-0.15, -0.1) is 11.3 Å². The molecule has 0 radical (unpaired) electrons. The van der Waals surface area contributed by atoms with Gasteiger partial charge in [0.2, 0.25) is 5.91 Å². The van der Waals surface area contributed by atoms with Crippen LogP contribution in [0.4, 0.5) is 4.79 Å². The zero-order chi connectivity index (χ0) is 18.6. The first-order valence-electron chi connectivity index (χ1n) is 8.99. The molecular formula is C19H30N2O3S. The first-order chi connectivity index (χ1) is 11.7. The predicted octanol–water partition coefficient (Wildman–Crippen LogP) is 4.21. The van der Waals surface area contributed by atoms with Crippen LogP contribution in [0.1, 0.15) is 58.4 Å². The number of likely N-dealkylation sites (tertiary alicyclic amines) is 1. The smallest absolute Gasteiger partial charge is 0.410 e. The lowest BCUT2D eigenvalue weighted by atomic mass is 9.94. The number of ether oxygens (including phenoxy) is 1. The fraction of sp³-hybridized carbons (Fsp3) is 0.684. The molecule has 1 saturated heterocycles. The number of nitrogens with one attached hydrogen (secondary N) is 1. The molecule has 0 unspecified atom stereocenters. The highest BCUT2D eigenvalue weighted by Gasteiger charge is 2.31. The molecule has 0 spiro atoms. The molecule has 1 aliphatic heterocycles. The third-order valence-corrected chi connectivity index (χ3v) is 5.29. The van der Waals surface area contributed by atoms with Crippen molar-refractivity contribution in [3.8, 4) is 0 Å². The van der Waals surface area contributed by atoms with Crippen molar-refractivity contribution < 1.29 is 14.3 Å². The Hall–Kier alpha value is -1.56. The Kier molecular flexibility index (Phi) is 6.49. The van der Waals surface area contributed by atoms with Crippen LogP contribution in [0.25, 0.3) is 0 Å². The van der Waals surface area contributed by atoms with Crippen LogP contribution in [-0.4, -0.2) is 35.6 Å². The average Bonchev–Trinajstić information content (AvgIpc) is 3.04. The Bertz CT molecular complexity index is 570. The molecule has 0 aliphatic carbocycles. The predicted molar refractivity (Wildman–Crippen MR) is 101 cm³/mol. The lowest BCUT2D eigenvalue weighted by Crippen LogP contribution is -2.45. The van der Waals surface area contributed by atoms with Crippen molar-refractivity contribution in [2.75, 3.05) is 13.1 Å². The zero-order valence-electron chi connectivity index (χ0n) is 15.9. The average molecular weight is 367 g/mol. The van der Waals surface area contributed by atoms with Crippen LogP contribution in [0.2, 0.25) is 0 Å². The topological polar surface area (TPSA) is 58.6 Å². The minimum atomic E-state index is -0.490. The number of carbonyl (C=O) groups is 2. The molecule has 6 heteroatoms. The second kappa shape index (κ2) is 8.21. The fourth-order valence-corrected chi connectivity index (χ4v) is 3.91. The van der Waals surface area contributed by atoms with Crippen LogP contribution < -0.4 is 5.32 Å². The van der Waals surface area contributed by atoms with Gasteiger partial charge < -0.3 is 15.0 Å². The molecule has 1 fully saturated rings. The van der Waals surface area contributed by atoms with E-state index in [1.165, 1.54) is 4.88 Å². The fourth-order valence-electron chi connectivity index (χ4n) is 2.96. The number of nitrogens with zero attached hydrogens (tertiary/aromatic N) is 1. The van der Waals surface area contributed by atoms with Gasteiger partial charge in [0.25, 0.3) is 0 Å². The van der Waals surface area contributed by atoms with Gasteiger partial charge >= 0.3 is 6.09 Å². The molecule has 140 valence electrons. The van der Waals surface area contributed by atoms with Gasteiger partial charge in [-0.2, -0.15) is 0 Å². The highest BCUT2D eigenvalue weighted by Crippen LogP contribution is 2.27. The van der Waals surface area contributed by atoms with Gasteiger partial charge in [-0.25, -0.2) is 4.79 Å². The summed E-state index contributed by atoms with van der Waals surface area (Å²) in [6.45, 7) is 11.0. The summed E-state index contributed by atoms with van der Waals surface area (Å²) in [6, 6.07) is 4.14. The van der Waals surface area contributed by atoms with Crippen molar-refractivity contribution in [3.63, 3.8) is 0 Å². The third-order valence-electron chi connectivity index (χ3n) is 4.33. The van der Waals surface area contributed by atoms with Crippen LogP contribution in [0.3, 0.4) is 0 Å². The SMILES string of the molecule is CC(C)[C@H](NC(=O)C1CCN(C(=O)OC(C)(C)C)CC1)c1cccs1. The highest BCUT2D eigenvalue weighted by atomic mass is 32.1. The number of hydrogen-bond donors (Lipinski definition) is 1. The molecule has 0 saturated carbocycles. The summed E-state index contributed by atoms with van der Waals surface area (Å²) in [6.07, 6.45) is 1.07. The van der Waals surface area contributed by atoms with Gasteiger partial charge in [0, 0.05) is 23.9 Å². The minimum absolute atomic E-state index is 0.0418. The minimum Gasteiger partial charge on any atom is -0.444 e. The first kappa shape index (κ1) is 19.8. The zero-order valence-corrected chi connectivity index (χ0v) is 16.7. The molecule has 25 heavy (non-hydrogen) atoms. The van der Waals surface area contributed by atoms with Crippen molar-refractivity contribution >= 4 is 23.3 Å². The molecule has 1 aliphatic rings. The number of thiophene rings is 1. The van der Waals surface area contributed by atoms with Gasteiger partial charge in [-0.05, 0) is 51.0 Å². The second-order valence-electron chi connectivity index (χ2n) is 7.99. The van der Waals surface area contributed by atoms with E-state index in [2.05, 4.69) is 25.2 Å². The van der Waals surface area contributed by atoms with E-state index in [0.29, 0.717) is 31.8 Å². The molecule has 2 amide bonds. The Morgan fingerprint density at radius 1 is 1.28 bits per heavy atom. The quantitative estimate of drug-likeness (QED) is 0.868. The van der Waals surface area contributed by atoms with Gasteiger partial charge in [0.1, 0.15) is 5.60 Å². The van der Waals surface area contributed by atoms with E-state index < -0.39 is 5.60 Å². The monoisotopic (exact) mass is 366 g/mol. The van der Waals surface area contributed by atoms with Crippen LogP contribution in [0, 0.1) is 11.8 Å². The van der Waals surface area contributed by atoms with Crippen LogP contribution in [-0.2, 0) is 9.53 Å². The van der Waals surface area contributed by atoms with Gasteiger partial charge in [0.05, 0.1) is 6.04 Å². The molecule has 1 aromatic heterocycles. The van der Waals surface area contributed by atoms with E-state index in [9.17, 15) is 9.59 Å². The number of carbonyl (C=O) groups excluding carboxylic acids is 2. The highest BCUT2D eigenvalue weighted by molar-refractivity contribution is 7.10. The number of rotatable bonds is 4. The molecule has 0 aromatic carbocycles. The van der Waals surface area contributed by atoms with Crippen molar-refractivity contribution in [2.24, 2.45) is 11.8 Å². The Balaban J connectivity index is 1.87. The molecule has 0 bridgehead atoms. The summed E-state index contributed by atoms with van der Waals surface area (Å²) in [5.41, 5.74) is -0.490. The molecular weight excluding hydrogens is 336 g/mol. The molecule has 1 N–H and O–H groups in total. The number of hydrogen-bond acceptors (Lipinski definition) is 4. The standard InChI is InChI=1S/C19H30N2O3S/c1-13(2)16(15-7-6-12-25-15)20-17(22)14-8-10-21(11-9-14)18(23)24-19(3,4)5/h6-7,12-14,16H,8-11H2,1-5H3,(H,20,22)/t16-/m0/s1. The van der Waals surface area contributed by atoms with Crippen LogP contribution in [0.15, 0.2) is 17.5 Å². The lowest BCUT2D eigenvalue weighted by Gasteiger charge is -2.33. The van der Waals surface area contributed by atoms with Crippen molar-refractivity contribution in [1.29, 1.82) is 0 Å². The third kappa shape index (κ3) is 5.73. The molecule has 5 nitrogen and oxygen atoms in total. The molecule has 1 aromatic rings. The van der Waals surface area contributed by atoms with Gasteiger partial charge in [-0.1, -0.05) is 19.9 Å². The lowest BCUT2D eigenvalue weighted by molar-refractivity contribution is -0.127. The van der Waals surface area contributed by atoms with Crippen LogP contribution >= 0.6 is 11.3 Å². The van der Waals surface area contributed by atoms with E-state index >= 15 is 0 Å². The number of amides is 2. The summed E-state index contributed by atoms with van der Waals surface area (Å²) < 4.78 is 5.41. The Morgan fingerprint density at radius 2 is 1.92 bits per heavy atom. The van der Waals surface area contributed by atoms with E-state index in [4.69, 9.17) is 4.74 Å². The summed E-state index contributed by atoms with van der Waals surface area (Å²) >= 11 is 1.67. The largest absolute Gasteiger partial charge is 0.444 e. The maximum absolute atomic E-state index is 12.7. The summed E-state index contributed by atoms with van der Waals surface area (Å²) in [4.78, 5) is 27.7. The maximum Gasteiger partial charge on any atom is 0.410 e. The summed E-state index contributed by atoms with van der Waals surface area (Å²) in [7, 11) is 0. The van der Waals surface area contributed by atoms with E-state index in [-0.39, 0.29) is 24.0 Å². The van der Waals surface area contributed by atoms with Crippen molar-refractivity contribution in [1.82, 2.24) is 10.2 Å². The van der Waals surface area contributed by atoms with Crippen molar-refractivity contribution in [3.05, 3.63) is 22.4 Å². The number of piperidine rings is 1. The van der Waals surface area contributed by atoms with E-state index in [1.807, 2.05) is 32.2 Å². The van der Waals surface area contributed by atoms with Gasteiger partial charge in [0.15, 0.2) is 0 Å². The van der Waals surface area contributed by atoms with Gasteiger partial charge in [-0.3, -0.25) is 4.79 Å². The molecule has 1 atom stereocenters.